The van der Waals surface area contributed by atoms with Gasteiger partial charge in [0.15, 0.2) is 0 Å². The molecule has 0 saturated carbocycles. The molecule has 27 heavy (non-hydrogen) atoms. The summed E-state index contributed by atoms with van der Waals surface area (Å²) in [5.74, 6) is -0.241. The molecule has 1 amide bonds. The number of carbonyl (C=O) groups is 1. The van der Waals surface area contributed by atoms with Crippen molar-refractivity contribution >= 4 is 17.3 Å². The molecule has 0 bridgehead atoms. The van der Waals surface area contributed by atoms with Crippen LogP contribution in [0.2, 0.25) is 0 Å². The van der Waals surface area contributed by atoms with E-state index in [2.05, 4.69) is 0 Å². The summed E-state index contributed by atoms with van der Waals surface area (Å²) in [6.45, 7) is 4.72. The second kappa shape index (κ2) is 8.18. The molecule has 0 atom stereocenters. The molecule has 7 heteroatoms. The van der Waals surface area contributed by atoms with Gasteiger partial charge in [-0.3, -0.25) is 14.9 Å². The molecule has 7 nitrogen and oxygen atoms in total. The molecular formula is C20H23N3O4. The second-order valence-electron chi connectivity index (χ2n) is 6.65. The van der Waals surface area contributed by atoms with Gasteiger partial charge in [-0.05, 0) is 30.2 Å². The largest absolute Gasteiger partial charge is 0.378 e. The Bertz CT molecular complexity index is 847. The van der Waals surface area contributed by atoms with Crippen molar-refractivity contribution in [1.82, 2.24) is 4.90 Å². The number of nitro benzene ring substituents is 1. The van der Waals surface area contributed by atoms with Crippen molar-refractivity contribution in [3.05, 3.63) is 69.3 Å². The second-order valence-corrected chi connectivity index (χ2v) is 6.65. The normalized spacial score (nSPS) is 14.1. The summed E-state index contributed by atoms with van der Waals surface area (Å²) in [5.41, 5.74) is 2.95. The fourth-order valence-corrected chi connectivity index (χ4v) is 3.21. The average Bonchev–Trinajstić information content (AvgIpc) is 2.69. The van der Waals surface area contributed by atoms with Crippen LogP contribution >= 0.6 is 0 Å². The summed E-state index contributed by atoms with van der Waals surface area (Å²) in [7, 11) is 1.70. The zero-order valence-electron chi connectivity index (χ0n) is 15.6. The summed E-state index contributed by atoms with van der Waals surface area (Å²) in [6, 6.07) is 12.6. The predicted octanol–water partition coefficient (Wildman–Crippen LogP) is 3.01. The first-order valence-corrected chi connectivity index (χ1v) is 8.88. The molecule has 0 radical (unpaired) electrons. The molecule has 0 aromatic heterocycles. The molecule has 0 spiro atoms. The van der Waals surface area contributed by atoms with Crippen molar-refractivity contribution < 1.29 is 14.5 Å². The number of hydrogen-bond acceptors (Lipinski definition) is 5. The molecule has 2 aromatic carbocycles. The minimum absolute atomic E-state index is 0.0490. The monoisotopic (exact) mass is 369 g/mol. The Morgan fingerprint density at radius 1 is 1.22 bits per heavy atom. The Labute approximate surface area is 158 Å². The highest BCUT2D eigenvalue weighted by molar-refractivity contribution is 5.95. The molecule has 142 valence electrons. The Morgan fingerprint density at radius 2 is 1.93 bits per heavy atom. The van der Waals surface area contributed by atoms with E-state index in [1.54, 1.807) is 24.1 Å². The van der Waals surface area contributed by atoms with Crippen LogP contribution < -0.4 is 4.90 Å². The van der Waals surface area contributed by atoms with Crippen LogP contribution in [0.15, 0.2) is 42.5 Å². The Kier molecular flexibility index (Phi) is 5.71. The van der Waals surface area contributed by atoms with Crippen molar-refractivity contribution in [1.29, 1.82) is 0 Å². The highest BCUT2D eigenvalue weighted by Crippen LogP contribution is 2.30. The van der Waals surface area contributed by atoms with E-state index < -0.39 is 4.92 Å². The summed E-state index contributed by atoms with van der Waals surface area (Å²) in [4.78, 5) is 27.4. The summed E-state index contributed by atoms with van der Waals surface area (Å²) < 4.78 is 5.31. The smallest absolute Gasteiger partial charge is 0.293 e. The van der Waals surface area contributed by atoms with E-state index in [1.165, 1.54) is 6.07 Å². The van der Waals surface area contributed by atoms with Crippen LogP contribution in [0.25, 0.3) is 0 Å². The van der Waals surface area contributed by atoms with Gasteiger partial charge < -0.3 is 14.5 Å². The van der Waals surface area contributed by atoms with Crippen molar-refractivity contribution in [2.24, 2.45) is 0 Å². The Hall–Kier alpha value is -2.93. The number of carbonyl (C=O) groups excluding carboxylic acids is 1. The van der Waals surface area contributed by atoms with Gasteiger partial charge >= 0.3 is 0 Å². The van der Waals surface area contributed by atoms with Gasteiger partial charge in [0.25, 0.3) is 11.6 Å². The van der Waals surface area contributed by atoms with Crippen molar-refractivity contribution in [2.75, 3.05) is 38.3 Å². The fourth-order valence-electron chi connectivity index (χ4n) is 3.21. The van der Waals surface area contributed by atoms with Gasteiger partial charge in [-0.2, -0.15) is 0 Å². The third kappa shape index (κ3) is 4.25. The minimum atomic E-state index is -0.428. The number of amides is 1. The maximum atomic E-state index is 12.8. The number of aryl methyl sites for hydroxylation is 1. The number of hydrogen-bond donors (Lipinski definition) is 0. The molecule has 0 aliphatic carbocycles. The standard InChI is InChI=1S/C20H23N3O4/c1-15-5-3-4-6-17(15)14-21(2)20(24)16-7-8-18(19(13-16)23(25)26)22-9-11-27-12-10-22/h3-8,13H,9-12,14H2,1-2H3. The molecule has 1 saturated heterocycles. The molecule has 1 heterocycles. The SMILES string of the molecule is Cc1ccccc1CN(C)C(=O)c1ccc(N2CCOCC2)c([N+](=O)[O-])c1. The van der Waals surface area contributed by atoms with Gasteiger partial charge in [-0.15, -0.1) is 0 Å². The van der Waals surface area contributed by atoms with Gasteiger partial charge in [0, 0.05) is 38.3 Å². The first-order valence-electron chi connectivity index (χ1n) is 8.88. The van der Waals surface area contributed by atoms with Crippen molar-refractivity contribution in [2.45, 2.75) is 13.5 Å². The van der Waals surface area contributed by atoms with E-state index in [1.807, 2.05) is 36.1 Å². The summed E-state index contributed by atoms with van der Waals surface area (Å²) in [6.07, 6.45) is 0. The van der Waals surface area contributed by atoms with Gasteiger partial charge in [0.1, 0.15) is 5.69 Å². The van der Waals surface area contributed by atoms with Crippen LogP contribution in [0.4, 0.5) is 11.4 Å². The van der Waals surface area contributed by atoms with Crippen molar-refractivity contribution in [3.8, 4) is 0 Å². The average molecular weight is 369 g/mol. The molecular weight excluding hydrogens is 346 g/mol. The van der Waals surface area contributed by atoms with Crippen molar-refractivity contribution in [3.63, 3.8) is 0 Å². The first kappa shape index (κ1) is 18.8. The van der Waals surface area contributed by atoms with Gasteiger partial charge in [0.05, 0.1) is 18.1 Å². The van der Waals surface area contributed by atoms with Crippen LogP contribution in [-0.4, -0.2) is 49.1 Å². The van der Waals surface area contributed by atoms with Crippen LogP contribution in [0.3, 0.4) is 0 Å². The molecule has 3 rings (SSSR count). The van der Waals surface area contributed by atoms with Crippen LogP contribution in [0, 0.1) is 17.0 Å². The molecule has 0 unspecified atom stereocenters. The summed E-state index contributed by atoms with van der Waals surface area (Å²) in [5, 5.41) is 11.6. The number of morpholine rings is 1. The number of nitro groups is 1. The lowest BCUT2D eigenvalue weighted by Gasteiger charge is -2.28. The van der Waals surface area contributed by atoms with Crippen LogP contribution in [-0.2, 0) is 11.3 Å². The minimum Gasteiger partial charge on any atom is -0.378 e. The number of rotatable bonds is 5. The van der Waals surface area contributed by atoms with E-state index in [0.29, 0.717) is 44.1 Å². The third-order valence-electron chi connectivity index (χ3n) is 4.79. The van der Waals surface area contributed by atoms with Gasteiger partial charge in [-0.25, -0.2) is 0 Å². The fraction of sp³-hybridized carbons (Fsp3) is 0.350. The zero-order chi connectivity index (χ0) is 19.4. The summed E-state index contributed by atoms with van der Waals surface area (Å²) >= 11 is 0. The van der Waals surface area contributed by atoms with Gasteiger partial charge in [0.2, 0.25) is 0 Å². The predicted molar refractivity (Wildman–Crippen MR) is 103 cm³/mol. The van der Waals surface area contributed by atoms with E-state index in [0.717, 1.165) is 11.1 Å². The number of anilines is 1. The number of nitrogens with zero attached hydrogens (tertiary/aromatic N) is 3. The number of ether oxygens (including phenoxy) is 1. The van der Waals surface area contributed by atoms with Gasteiger partial charge in [-0.1, -0.05) is 24.3 Å². The maximum absolute atomic E-state index is 12.8. The topological polar surface area (TPSA) is 75.9 Å². The quantitative estimate of drug-likeness (QED) is 0.598. The van der Waals surface area contributed by atoms with Crippen LogP contribution in [0.5, 0.6) is 0 Å². The van der Waals surface area contributed by atoms with E-state index in [9.17, 15) is 14.9 Å². The lowest BCUT2D eigenvalue weighted by Crippen LogP contribution is -2.36. The maximum Gasteiger partial charge on any atom is 0.293 e. The zero-order valence-corrected chi connectivity index (χ0v) is 15.6. The lowest BCUT2D eigenvalue weighted by molar-refractivity contribution is -0.384. The molecule has 1 aliphatic heterocycles. The Balaban J connectivity index is 1.83. The van der Waals surface area contributed by atoms with E-state index >= 15 is 0 Å². The molecule has 0 N–H and O–H groups in total. The third-order valence-corrected chi connectivity index (χ3v) is 4.79. The van der Waals surface area contributed by atoms with E-state index in [-0.39, 0.29) is 11.6 Å². The van der Waals surface area contributed by atoms with Crippen LogP contribution in [0.1, 0.15) is 21.5 Å². The molecule has 2 aromatic rings. The van der Waals surface area contributed by atoms with E-state index in [4.69, 9.17) is 4.74 Å². The Morgan fingerprint density at radius 3 is 2.59 bits per heavy atom. The molecule has 1 fully saturated rings. The highest BCUT2D eigenvalue weighted by Gasteiger charge is 2.24. The number of benzene rings is 2. The lowest BCUT2D eigenvalue weighted by atomic mass is 10.1. The molecule has 1 aliphatic rings. The highest BCUT2D eigenvalue weighted by atomic mass is 16.6. The first-order chi connectivity index (χ1) is 13.0.